The Morgan fingerprint density at radius 2 is 1.80 bits per heavy atom. The monoisotopic (exact) mass is 694 g/mol. The molecule has 0 saturated carbocycles. The molecule has 0 radical (unpaired) electrons. The minimum Gasteiger partial charge on any atom is -0.493 e. The molecule has 0 spiro atoms. The van der Waals surface area contributed by atoms with E-state index in [9.17, 15) is 10.4 Å². The number of halogens is 1. The molecular formula is C37H39ClN8O4. The summed E-state index contributed by atoms with van der Waals surface area (Å²) in [5.74, 6) is 2.28. The summed E-state index contributed by atoms with van der Waals surface area (Å²) in [7, 11) is 0. The van der Waals surface area contributed by atoms with Gasteiger partial charge in [-0.3, -0.25) is 4.98 Å². The van der Waals surface area contributed by atoms with Crippen LogP contribution in [0.25, 0.3) is 11.1 Å². The first-order valence-corrected chi connectivity index (χ1v) is 16.9. The van der Waals surface area contributed by atoms with Crippen molar-refractivity contribution in [3.63, 3.8) is 0 Å². The Labute approximate surface area is 296 Å². The van der Waals surface area contributed by atoms with E-state index in [1.807, 2.05) is 24.3 Å². The van der Waals surface area contributed by atoms with E-state index in [2.05, 4.69) is 67.9 Å². The predicted octanol–water partition coefficient (Wildman–Crippen LogP) is 6.01. The number of tetrazole rings is 1. The topological polar surface area (TPSA) is 154 Å². The number of hydrogen-bond donors (Lipinski definition) is 3. The molecule has 258 valence electrons. The predicted molar refractivity (Wildman–Crippen MR) is 189 cm³/mol. The second-order valence-corrected chi connectivity index (χ2v) is 12.6. The highest BCUT2D eigenvalue weighted by molar-refractivity contribution is 6.32. The van der Waals surface area contributed by atoms with Crippen LogP contribution in [0.3, 0.4) is 0 Å². The Balaban J connectivity index is 1.16. The number of ether oxygens (including phenoxy) is 3. The summed E-state index contributed by atoms with van der Waals surface area (Å²) in [5, 5.41) is 36.3. The zero-order valence-electron chi connectivity index (χ0n) is 28.0. The fraction of sp³-hybridized carbons (Fsp3) is 0.324. The van der Waals surface area contributed by atoms with Crippen molar-refractivity contribution in [1.82, 2.24) is 30.5 Å². The highest BCUT2D eigenvalue weighted by Crippen LogP contribution is 2.36. The third-order valence-electron chi connectivity index (χ3n) is 8.75. The summed E-state index contributed by atoms with van der Waals surface area (Å²) in [5.41, 5.74) is 7.36. The first-order valence-electron chi connectivity index (χ1n) is 16.5. The van der Waals surface area contributed by atoms with Crippen LogP contribution in [0.2, 0.25) is 5.02 Å². The summed E-state index contributed by atoms with van der Waals surface area (Å²) >= 11 is 6.76. The van der Waals surface area contributed by atoms with Crippen molar-refractivity contribution in [3.8, 4) is 34.4 Å². The van der Waals surface area contributed by atoms with Gasteiger partial charge in [0.1, 0.15) is 36.5 Å². The largest absolute Gasteiger partial charge is 0.493 e. The lowest BCUT2D eigenvalue weighted by Crippen LogP contribution is -2.24. The third kappa shape index (κ3) is 8.67. The maximum Gasteiger partial charge on any atom is 0.240 e. The standard InChI is InChI=1S/C37H39ClN8O4/c1-24-28(6-3-7-31(24)32-8-4-9-34(25(32)2)48-13-5-11-46-12-10-30(47)21-46)23-50-36-16-35(49-22-27-14-26(17-39)18-40-19-27)29(15-33(36)38)20-41-37-42-44-45-43-37/h3-4,6-9,14-16,18-19,30,47H,5,10-13,20-23H2,1-2H3,(H2,41,42,43,44,45). The van der Waals surface area contributed by atoms with E-state index >= 15 is 0 Å². The minimum atomic E-state index is -0.205. The molecule has 12 nitrogen and oxygen atoms in total. The van der Waals surface area contributed by atoms with Gasteiger partial charge in [-0.15, -0.1) is 0 Å². The third-order valence-corrected chi connectivity index (χ3v) is 9.05. The smallest absolute Gasteiger partial charge is 0.240 e. The molecule has 50 heavy (non-hydrogen) atoms. The van der Waals surface area contributed by atoms with Gasteiger partial charge in [-0.25, -0.2) is 5.10 Å². The number of anilines is 1. The van der Waals surface area contributed by atoms with Crippen molar-refractivity contribution in [2.24, 2.45) is 0 Å². The lowest BCUT2D eigenvalue weighted by molar-refractivity contribution is 0.173. The number of likely N-dealkylation sites (tertiary alicyclic amines) is 1. The van der Waals surface area contributed by atoms with Crippen molar-refractivity contribution in [2.75, 3.05) is 31.6 Å². The Morgan fingerprint density at radius 3 is 2.58 bits per heavy atom. The van der Waals surface area contributed by atoms with E-state index in [0.29, 0.717) is 41.2 Å². The summed E-state index contributed by atoms with van der Waals surface area (Å²) in [6, 6.07) is 19.8. The second kappa shape index (κ2) is 16.5. The van der Waals surface area contributed by atoms with Gasteiger partial charge >= 0.3 is 0 Å². The van der Waals surface area contributed by atoms with Crippen molar-refractivity contribution in [3.05, 3.63) is 105 Å². The number of aromatic nitrogens is 5. The number of rotatable bonds is 15. The number of hydrogen-bond acceptors (Lipinski definition) is 11. The van der Waals surface area contributed by atoms with Gasteiger partial charge in [0, 0.05) is 55.8 Å². The van der Waals surface area contributed by atoms with Crippen molar-refractivity contribution < 1.29 is 19.3 Å². The average Bonchev–Trinajstić information content (AvgIpc) is 3.81. The first kappa shape index (κ1) is 34.6. The number of nitriles is 1. The molecule has 0 amide bonds. The van der Waals surface area contributed by atoms with Crippen LogP contribution in [-0.2, 0) is 19.8 Å². The molecule has 6 rings (SSSR count). The highest BCUT2D eigenvalue weighted by atomic mass is 35.5. The summed E-state index contributed by atoms with van der Waals surface area (Å²) < 4.78 is 18.8. The van der Waals surface area contributed by atoms with E-state index in [4.69, 9.17) is 25.8 Å². The number of nitrogens with one attached hydrogen (secondary N) is 2. The van der Waals surface area contributed by atoms with Crippen LogP contribution in [0.5, 0.6) is 17.2 Å². The molecule has 1 aliphatic heterocycles. The van der Waals surface area contributed by atoms with Gasteiger partial charge in [-0.1, -0.05) is 47.0 Å². The van der Waals surface area contributed by atoms with Gasteiger partial charge in [0.15, 0.2) is 0 Å². The van der Waals surface area contributed by atoms with Crippen LogP contribution in [0.1, 0.15) is 46.2 Å². The van der Waals surface area contributed by atoms with Crippen molar-refractivity contribution in [1.29, 1.82) is 5.26 Å². The van der Waals surface area contributed by atoms with Crippen LogP contribution in [0, 0.1) is 25.2 Å². The molecule has 3 aromatic carbocycles. The fourth-order valence-corrected chi connectivity index (χ4v) is 6.24. The van der Waals surface area contributed by atoms with E-state index in [0.717, 1.165) is 77.2 Å². The van der Waals surface area contributed by atoms with Crippen molar-refractivity contribution >= 4 is 17.5 Å². The fourth-order valence-electron chi connectivity index (χ4n) is 6.00. The lowest BCUT2D eigenvalue weighted by atomic mass is 9.93. The number of nitrogens with zero attached hydrogens (tertiary/aromatic N) is 6. The molecule has 3 heterocycles. The van der Waals surface area contributed by atoms with Gasteiger partial charge < -0.3 is 29.5 Å². The zero-order chi connectivity index (χ0) is 34.9. The van der Waals surface area contributed by atoms with Crippen LogP contribution < -0.4 is 19.5 Å². The van der Waals surface area contributed by atoms with Crippen molar-refractivity contribution in [2.45, 2.75) is 52.6 Å². The van der Waals surface area contributed by atoms with Gasteiger partial charge in [-0.2, -0.15) is 5.26 Å². The number of benzene rings is 3. The van der Waals surface area contributed by atoms with Crippen LogP contribution >= 0.6 is 11.6 Å². The van der Waals surface area contributed by atoms with E-state index in [1.165, 1.54) is 6.20 Å². The number of β-amino-alcohol motifs (C(OH)–C–C–N with tert-alkyl or cyclic N) is 1. The Morgan fingerprint density at radius 1 is 0.980 bits per heavy atom. The molecule has 0 bridgehead atoms. The van der Waals surface area contributed by atoms with Gasteiger partial charge in [0.2, 0.25) is 5.95 Å². The quantitative estimate of drug-likeness (QED) is 0.110. The maximum absolute atomic E-state index is 9.78. The molecule has 0 aliphatic carbocycles. The lowest BCUT2D eigenvalue weighted by Gasteiger charge is -2.18. The molecule has 1 atom stereocenters. The van der Waals surface area contributed by atoms with Gasteiger partial charge in [0.05, 0.1) is 23.3 Å². The molecule has 1 fully saturated rings. The highest BCUT2D eigenvalue weighted by Gasteiger charge is 2.20. The second-order valence-electron chi connectivity index (χ2n) is 12.2. The van der Waals surface area contributed by atoms with E-state index in [-0.39, 0.29) is 19.3 Å². The SMILES string of the molecule is Cc1c(COc2cc(OCc3cncc(C#N)c3)c(CNc3nnn[nH]3)cc2Cl)cccc1-c1cccc(OCCCN2CCC(O)C2)c1C. The van der Waals surface area contributed by atoms with Gasteiger partial charge in [0.25, 0.3) is 0 Å². The molecule has 5 aromatic rings. The summed E-state index contributed by atoms with van der Waals surface area (Å²) in [6.07, 6.45) is 4.71. The molecule has 3 N–H and O–H groups in total. The molecule has 13 heteroatoms. The number of pyridine rings is 1. The maximum atomic E-state index is 9.78. The Hall–Kier alpha value is -5.22. The normalized spacial score (nSPS) is 14.3. The zero-order valence-corrected chi connectivity index (χ0v) is 28.8. The van der Waals surface area contributed by atoms with Crippen LogP contribution in [0.15, 0.2) is 67.0 Å². The average molecular weight is 695 g/mol. The number of aliphatic hydroxyl groups is 1. The molecule has 1 saturated heterocycles. The first-order chi connectivity index (χ1) is 24.4. The number of aromatic amines is 1. The van der Waals surface area contributed by atoms with E-state index in [1.54, 1.807) is 24.4 Å². The minimum absolute atomic E-state index is 0.187. The molecular weight excluding hydrogens is 656 g/mol. The number of aliphatic hydroxyl groups excluding tert-OH is 1. The van der Waals surface area contributed by atoms with Crippen LogP contribution in [-0.4, -0.2) is 68.0 Å². The molecule has 1 aliphatic rings. The number of H-pyrrole nitrogens is 1. The van der Waals surface area contributed by atoms with Crippen LogP contribution in [0.4, 0.5) is 5.95 Å². The summed E-state index contributed by atoms with van der Waals surface area (Å²) in [6.45, 7) is 8.21. The Kier molecular flexibility index (Phi) is 11.4. The molecule has 1 unspecified atom stereocenters. The Bertz CT molecular complexity index is 1950. The summed E-state index contributed by atoms with van der Waals surface area (Å²) in [4.78, 5) is 6.42. The van der Waals surface area contributed by atoms with Gasteiger partial charge in [-0.05, 0) is 83.1 Å². The van der Waals surface area contributed by atoms with E-state index < -0.39 is 0 Å². The molecule has 2 aromatic heterocycles.